The average molecular weight is 236 g/mol. The number of ether oxygens (including phenoxy) is 1. The lowest BCUT2D eigenvalue weighted by molar-refractivity contribution is -0.147. The van der Waals surface area contributed by atoms with E-state index in [-0.39, 0.29) is 5.75 Å². The molecule has 1 aromatic rings. The van der Waals surface area contributed by atoms with Crippen molar-refractivity contribution in [3.63, 3.8) is 0 Å². The number of phenols is 1. The van der Waals surface area contributed by atoms with Crippen molar-refractivity contribution in [2.45, 2.75) is 31.6 Å². The van der Waals surface area contributed by atoms with Crippen LogP contribution in [0.15, 0.2) is 18.2 Å². The molecule has 1 aliphatic carbocycles. The largest absolute Gasteiger partial charge is 0.504 e. The molecule has 1 aliphatic rings. The van der Waals surface area contributed by atoms with E-state index in [1.807, 2.05) is 6.92 Å². The molecule has 0 saturated heterocycles. The number of aliphatic carboxylic acids is 1. The maximum absolute atomic E-state index is 11.4. The molecule has 1 saturated carbocycles. The van der Waals surface area contributed by atoms with E-state index in [1.165, 1.54) is 6.07 Å². The molecular weight excluding hydrogens is 220 g/mol. The van der Waals surface area contributed by atoms with E-state index in [4.69, 9.17) is 4.74 Å². The van der Waals surface area contributed by atoms with Gasteiger partial charge in [-0.05, 0) is 37.5 Å². The summed E-state index contributed by atoms with van der Waals surface area (Å²) in [6.45, 7) is 2.26. The third kappa shape index (κ3) is 1.84. The molecule has 4 nitrogen and oxygen atoms in total. The van der Waals surface area contributed by atoms with E-state index in [2.05, 4.69) is 0 Å². The molecule has 0 unspecified atom stereocenters. The Morgan fingerprint density at radius 3 is 2.65 bits per heavy atom. The summed E-state index contributed by atoms with van der Waals surface area (Å²) in [6, 6.07) is 4.82. The van der Waals surface area contributed by atoms with Gasteiger partial charge < -0.3 is 14.9 Å². The Hall–Kier alpha value is -1.71. The standard InChI is InChI=1S/C13H16O4/c1-2-17-11-8-9(4-5-10(11)14)13(12(15)16)6-3-7-13/h4-5,8,14H,2-3,6-7H2,1H3,(H,15,16). The first-order valence-corrected chi connectivity index (χ1v) is 5.80. The van der Waals surface area contributed by atoms with E-state index in [9.17, 15) is 15.0 Å². The zero-order valence-corrected chi connectivity index (χ0v) is 9.77. The minimum Gasteiger partial charge on any atom is -0.504 e. The quantitative estimate of drug-likeness (QED) is 0.841. The summed E-state index contributed by atoms with van der Waals surface area (Å²) < 4.78 is 5.28. The molecule has 2 N–H and O–H groups in total. The Morgan fingerprint density at radius 1 is 1.47 bits per heavy atom. The van der Waals surface area contributed by atoms with Crippen LogP contribution in [0, 0.1) is 0 Å². The van der Waals surface area contributed by atoms with Crippen molar-refractivity contribution in [1.82, 2.24) is 0 Å². The average Bonchev–Trinajstić information content (AvgIpc) is 2.20. The van der Waals surface area contributed by atoms with Gasteiger partial charge in [-0.3, -0.25) is 4.79 Å². The van der Waals surface area contributed by atoms with Crippen LogP contribution in [0.1, 0.15) is 31.7 Å². The molecule has 0 aliphatic heterocycles. The monoisotopic (exact) mass is 236 g/mol. The minimum absolute atomic E-state index is 0.0514. The van der Waals surface area contributed by atoms with Crippen LogP contribution in [0.5, 0.6) is 11.5 Å². The SMILES string of the molecule is CCOc1cc(C2(C(=O)O)CCC2)ccc1O. The molecule has 4 heteroatoms. The van der Waals surface area contributed by atoms with Crippen LogP contribution < -0.4 is 4.74 Å². The molecule has 0 amide bonds. The Balaban J connectivity index is 2.38. The maximum atomic E-state index is 11.4. The topological polar surface area (TPSA) is 66.8 Å². The van der Waals surface area contributed by atoms with Gasteiger partial charge in [-0.1, -0.05) is 12.5 Å². The van der Waals surface area contributed by atoms with Crippen LogP contribution in [0.3, 0.4) is 0 Å². The number of rotatable bonds is 4. The van der Waals surface area contributed by atoms with Gasteiger partial charge in [-0.2, -0.15) is 0 Å². The molecule has 92 valence electrons. The number of aromatic hydroxyl groups is 1. The molecule has 0 radical (unpaired) electrons. The van der Waals surface area contributed by atoms with Gasteiger partial charge >= 0.3 is 5.97 Å². The van der Waals surface area contributed by atoms with Gasteiger partial charge in [-0.15, -0.1) is 0 Å². The van der Waals surface area contributed by atoms with E-state index < -0.39 is 11.4 Å². The third-order valence-corrected chi connectivity index (χ3v) is 3.43. The van der Waals surface area contributed by atoms with Gasteiger partial charge in [0, 0.05) is 0 Å². The fourth-order valence-corrected chi connectivity index (χ4v) is 2.24. The second-order valence-electron chi connectivity index (χ2n) is 4.36. The van der Waals surface area contributed by atoms with Crippen LogP contribution in [-0.4, -0.2) is 22.8 Å². The molecule has 0 spiro atoms. The van der Waals surface area contributed by atoms with Gasteiger partial charge in [0.05, 0.1) is 12.0 Å². The summed E-state index contributed by atoms with van der Waals surface area (Å²) in [4.78, 5) is 11.4. The lowest BCUT2D eigenvalue weighted by Crippen LogP contribution is -2.42. The Bertz CT molecular complexity index is 435. The highest BCUT2D eigenvalue weighted by Crippen LogP contribution is 2.45. The Labute approximate surface area is 99.8 Å². The molecule has 0 heterocycles. The van der Waals surface area contributed by atoms with Gasteiger partial charge in [-0.25, -0.2) is 0 Å². The number of carboxylic acids is 1. The molecule has 0 atom stereocenters. The predicted octanol–water partition coefficient (Wildman–Crippen LogP) is 2.30. The molecule has 2 rings (SSSR count). The van der Waals surface area contributed by atoms with Crippen molar-refractivity contribution in [3.05, 3.63) is 23.8 Å². The number of benzene rings is 1. The number of carbonyl (C=O) groups is 1. The molecular formula is C13H16O4. The molecule has 1 aromatic carbocycles. The summed E-state index contributed by atoms with van der Waals surface area (Å²) in [5, 5.41) is 18.9. The van der Waals surface area contributed by atoms with Gasteiger partial charge in [0.15, 0.2) is 11.5 Å². The third-order valence-electron chi connectivity index (χ3n) is 3.43. The minimum atomic E-state index is -0.795. The normalized spacial score (nSPS) is 17.2. The van der Waals surface area contributed by atoms with E-state index >= 15 is 0 Å². The van der Waals surface area contributed by atoms with Gasteiger partial charge in [0.1, 0.15) is 0 Å². The van der Waals surface area contributed by atoms with Gasteiger partial charge in [0.2, 0.25) is 0 Å². The first-order chi connectivity index (χ1) is 8.10. The van der Waals surface area contributed by atoms with Crippen molar-refractivity contribution in [1.29, 1.82) is 0 Å². The fraction of sp³-hybridized carbons (Fsp3) is 0.462. The molecule has 17 heavy (non-hydrogen) atoms. The highest BCUT2D eigenvalue weighted by molar-refractivity contribution is 5.82. The Kier molecular flexibility index (Phi) is 2.96. The lowest BCUT2D eigenvalue weighted by atomic mass is 9.64. The molecule has 0 bridgehead atoms. The molecule has 0 aromatic heterocycles. The van der Waals surface area contributed by atoms with Crippen LogP contribution >= 0.6 is 0 Å². The van der Waals surface area contributed by atoms with Crippen molar-refractivity contribution < 1.29 is 19.7 Å². The fourth-order valence-electron chi connectivity index (χ4n) is 2.24. The van der Waals surface area contributed by atoms with Gasteiger partial charge in [0.25, 0.3) is 0 Å². The first kappa shape index (κ1) is 11.8. The van der Waals surface area contributed by atoms with Crippen molar-refractivity contribution in [2.24, 2.45) is 0 Å². The first-order valence-electron chi connectivity index (χ1n) is 5.80. The maximum Gasteiger partial charge on any atom is 0.314 e. The highest BCUT2D eigenvalue weighted by atomic mass is 16.5. The molecule has 1 fully saturated rings. The Morgan fingerprint density at radius 2 is 2.18 bits per heavy atom. The van der Waals surface area contributed by atoms with Crippen LogP contribution in [0.4, 0.5) is 0 Å². The number of carboxylic acid groups (broad SMARTS) is 1. The number of hydrogen-bond acceptors (Lipinski definition) is 3. The van der Waals surface area contributed by atoms with Crippen molar-refractivity contribution in [2.75, 3.05) is 6.61 Å². The van der Waals surface area contributed by atoms with Crippen molar-refractivity contribution >= 4 is 5.97 Å². The number of phenolic OH excluding ortho intramolecular Hbond substituents is 1. The summed E-state index contributed by atoms with van der Waals surface area (Å²) in [5.74, 6) is -0.384. The predicted molar refractivity (Wildman–Crippen MR) is 62.4 cm³/mol. The van der Waals surface area contributed by atoms with Crippen molar-refractivity contribution in [3.8, 4) is 11.5 Å². The number of hydrogen-bond donors (Lipinski definition) is 2. The summed E-state index contributed by atoms with van der Waals surface area (Å²) >= 11 is 0. The summed E-state index contributed by atoms with van der Waals surface area (Å²) in [6.07, 6.45) is 2.23. The lowest BCUT2D eigenvalue weighted by Gasteiger charge is -2.38. The zero-order chi connectivity index (χ0) is 12.5. The van der Waals surface area contributed by atoms with Crippen LogP contribution in [0.25, 0.3) is 0 Å². The second kappa shape index (κ2) is 4.28. The van der Waals surface area contributed by atoms with E-state index in [0.717, 1.165) is 12.0 Å². The zero-order valence-electron chi connectivity index (χ0n) is 9.77. The van der Waals surface area contributed by atoms with E-state index in [1.54, 1.807) is 12.1 Å². The van der Waals surface area contributed by atoms with Crippen LogP contribution in [-0.2, 0) is 10.2 Å². The van der Waals surface area contributed by atoms with Crippen LogP contribution in [0.2, 0.25) is 0 Å². The second-order valence-corrected chi connectivity index (χ2v) is 4.36. The highest BCUT2D eigenvalue weighted by Gasteiger charge is 2.46. The van der Waals surface area contributed by atoms with E-state index in [0.29, 0.717) is 25.2 Å². The smallest absolute Gasteiger partial charge is 0.314 e. The summed E-state index contributed by atoms with van der Waals surface area (Å²) in [5.41, 5.74) is -0.0583. The summed E-state index contributed by atoms with van der Waals surface area (Å²) in [7, 11) is 0.